The molecule has 0 bridgehead atoms. The molecule has 0 amide bonds. The topological polar surface area (TPSA) is 0 Å². The van der Waals surface area contributed by atoms with Crippen LogP contribution in [0.5, 0.6) is 0 Å². The van der Waals surface area contributed by atoms with E-state index in [4.69, 9.17) is 0 Å². The van der Waals surface area contributed by atoms with Gasteiger partial charge in [0.15, 0.2) is 0 Å². The molecule has 0 N–H and O–H groups in total. The van der Waals surface area contributed by atoms with Crippen molar-refractivity contribution < 1.29 is 24.4 Å². The predicted molar refractivity (Wildman–Crippen MR) is 33.6 cm³/mol. The molecule has 8 heavy (non-hydrogen) atoms. The molecule has 0 rings (SSSR count). The minimum absolute atomic E-state index is 1.37. The van der Waals surface area contributed by atoms with Gasteiger partial charge >= 0.3 is 67.6 Å². The first kappa shape index (κ1) is 8.87. The van der Waals surface area contributed by atoms with E-state index in [0.29, 0.717) is 0 Å². The van der Waals surface area contributed by atoms with Crippen molar-refractivity contribution in [1.82, 2.24) is 0 Å². The first-order chi connectivity index (χ1) is 3.91. The van der Waals surface area contributed by atoms with Gasteiger partial charge in [-0.05, 0) is 0 Å². The molecule has 0 aromatic rings. The molecule has 0 nitrogen and oxygen atoms in total. The van der Waals surface area contributed by atoms with Crippen LogP contribution in [0.15, 0.2) is 0 Å². The Morgan fingerprint density at radius 1 is 1.00 bits per heavy atom. The van der Waals surface area contributed by atoms with Crippen LogP contribution in [0.25, 0.3) is 0 Å². The zero-order valence-electron chi connectivity index (χ0n) is 5.82. The Labute approximate surface area is 67.6 Å². The van der Waals surface area contributed by atoms with Crippen molar-refractivity contribution in [3.8, 4) is 0 Å². The van der Waals surface area contributed by atoms with Gasteiger partial charge in [-0.2, -0.15) is 0 Å². The molecule has 0 spiro atoms. The van der Waals surface area contributed by atoms with Gasteiger partial charge in [0, 0.05) is 0 Å². The van der Waals surface area contributed by atoms with Gasteiger partial charge in [-0.25, -0.2) is 0 Å². The van der Waals surface area contributed by atoms with Crippen LogP contribution in [0.4, 0.5) is 0 Å². The van der Waals surface area contributed by atoms with Crippen molar-refractivity contribution in [1.29, 1.82) is 0 Å². The molecule has 0 radical (unpaired) electrons. The second-order valence-corrected chi connectivity index (χ2v) is 3.10. The van der Waals surface area contributed by atoms with Crippen LogP contribution >= 0.6 is 0 Å². The van der Waals surface area contributed by atoms with Crippen LogP contribution < -0.4 is 0 Å². The van der Waals surface area contributed by atoms with Crippen LogP contribution in [0.2, 0.25) is 4.18 Å². The molecule has 46 valence electrons. The van der Waals surface area contributed by atoms with Crippen molar-refractivity contribution in [3.63, 3.8) is 0 Å². The summed E-state index contributed by atoms with van der Waals surface area (Å²) in [5, 5.41) is 0. The van der Waals surface area contributed by atoms with E-state index in [1.807, 2.05) is 24.4 Å². The van der Waals surface area contributed by atoms with Crippen LogP contribution in [0.3, 0.4) is 0 Å². The molecule has 0 atom stereocenters. The third-order valence-electron chi connectivity index (χ3n) is 1.31. The fraction of sp³-hybridized carbons (Fsp3) is 1.00. The zero-order chi connectivity index (χ0) is 6.24. The van der Waals surface area contributed by atoms with Crippen molar-refractivity contribution in [2.75, 3.05) is 0 Å². The van der Waals surface area contributed by atoms with Gasteiger partial charge in [0.25, 0.3) is 0 Å². The summed E-state index contributed by atoms with van der Waals surface area (Å²) in [6.07, 6.45) is 7.19. The number of hydrogen-bond donors (Lipinski definition) is 0. The van der Waals surface area contributed by atoms with E-state index in [-0.39, 0.29) is 0 Å². The third kappa shape index (κ3) is 6.87. The Hall–Kier alpha value is 0.870. The van der Waals surface area contributed by atoms with Gasteiger partial charge in [-0.3, -0.25) is 0 Å². The summed E-state index contributed by atoms with van der Waals surface area (Å²) in [4.78, 5) is 0. The summed E-state index contributed by atoms with van der Waals surface area (Å²) >= 11 is 1.87. The van der Waals surface area contributed by atoms with Crippen LogP contribution in [-0.4, -0.2) is 0 Å². The summed E-state index contributed by atoms with van der Waals surface area (Å²) in [5.74, 6) is 0. The second kappa shape index (κ2) is 7.87. The molecule has 0 aromatic heterocycles. The van der Waals surface area contributed by atoms with E-state index < -0.39 is 0 Å². The average Bonchev–Trinajstić information content (AvgIpc) is 1.81. The Morgan fingerprint density at radius 2 is 1.62 bits per heavy atom. The van der Waals surface area contributed by atoms with Crippen molar-refractivity contribution >= 4 is 0 Å². The molecule has 0 saturated heterocycles. The van der Waals surface area contributed by atoms with Gasteiger partial charge in [-0.1, -0.05) is 0 Å². The number of hydrogen-bond acceptors (Lipinski definition) is 0. The van der Waals surface area contributed by atoms with Gasteiger partial charge in [-0.15, -0.1) is 0 Å². The summed E-state index contributed by atoms with van der Waals surface area (Å²) in [7, 11) is 0. The molecule has 1 heteroatoms. The van der Waals surface area contributed by atoms with E-state index in [1.54, 1.807) is 0 Å². The standard InChI is InChI=1S/C7H15.Sc/c1-3-5-7-6-4-2;/h1,3-7H2,2H3;. The van der Waals surface area contributed by atoms with Crippen molar-refractivity contribution in [2.45, 2.75) is 43.2 Å². The first-order valence-corrected chi connectivity index (χ1v) is 4.89. The van der Waals surface area contributed by atoms with E-state index in [9.17, 15) is 0 Å². The first-order valence-electron chi connectivity index (χ1n) is 3.62. The number of rotatable bonds is 5. The zero-order valence-corrected chi connectivity index (χ0v) is 7.62. The maximum absolute atomic E-state index is 2.26. The van der Waals surface area contributed by atoms with Crippen molar-refractivity contribution in [3.05, 3.63) is 0 Å². The van der Waals surface area contributed by atoms with Gasteiger partial charge in [0.05, 0.1) is 0 Å². The molecular formula is C7H15Sc. The second-order valence-electron chi connectivity index (χ2n) is 2.20. The summed E-state index contributed by atoms with van der Waals surface area (Å²) in [5.41, 5.74) is 0. The van der Waals surface area contributed by atoms with Gasteiger partial charge in [0.1, 0.15) is 0 Å². The van der Waals surface area contributed by atoms with E-state index in [0.717, 1.165) is 0 Å². The third-order valence-corrected chi connectivity index (χ3v) is 1.95. The Balaban J connectivity index is 2.53. The van der Waals surface area contributed by atoms with Crippen molar-refractivity contribution in [2.24, 2.45) is 0 Å². The molecule has 0 unspecified atom stereocenters. The molecule has 0 fully saturated rings. The van der Waals surface area contributed by atoms with Crippen LogP contribution in [-0.2, 0) is 24.4 Å². The van der Waals surface area contributed by atoms with E-state index >= 15 is 0 Å². The molecule has 0 heterocycles. The summed E-state index contributed by atoms with van der Waals surface area (Å²) in [6.45, 7) is 2.26. The summed E-state index contributed by atoms with van der Waals surface area (Å²) < 4.78 is 1.43. The van der Waals surface area contributed by atoms with Crippen LogP contribution in [0, 0.1) is 0 Å². The Morgan fingerprint density at radius 3 is 2.12 bits per heavy atom. The molecule has 0 saturated carbocycles. The van der Waals surface area contributed by atoms with E-state index in [2.05, 4.69) is 6.92 Å². The Bertz CT molecular complexity index is 29.4. The minimum atomic E-state index is 1.37. The molecule has 0 aromatic carbocycles. The van der Waals surface area contributed by atoms with Gasteiger partial charge in [0.2, 0.25) is 0 Å². The molecule has 0 aliphatic heterocycles. The fourth-order valence-corrected chi connectivity index (χ4v) is 1.20. The maximum atomic E-state index is 2.26. The normalized spacial score (nSPS) is 9.50. The Kier molecular flexibility index (Phi) is 8.73. The number of unbranched alkanes of at least 4 members (excludes halogenated alkanes) is 4. The quantitative estimate of drug-likeness (QED) is 0.520. The molecule has 0 aliphatic rings. The van der Waals surface area contributed by atoms with Gasteiger partial charge < -0.3 is 0 Å². The molecule has 0 aliphatic carbocycles. The summed E-state index contributed by atoms with van der Waals surface area (Å²) in [6, 6.07) is 0. The molecular weight excluding hydrogens is 129 g/mol. The average molecular weight is 144 g/mol. The monoisotopic (exact) mass is 144 g/mol. The van der Waals surface area contributed by atoms with E-state index in [1.165, 1.54) is 36.3 Å². The SMILES string of the molecule is CCCCCC[CH2][Sc]. The predicted octanol–water partition coefficient (Wildman–Crippen LogP) is 2.92. The fourth-order valence-electron chi connectivity index (χ4n) is 0.748. The van der Waals surface area contributed by atoms with Crippen LogP contribution in [0.1, 0.15) is 39.0 Å².